The van der Waals surface area contributed by atoms with E-state index in [1.807, 2.05) is 0 Å². The third kappa shape index (κ3) is 3.04. The molecular weight excluding hydrogens is 262 g/mol. The Kier molecular flexibility index (Phi) is 4.16. The fourth-order valence-electron chi connectivity index (χ4n) is 1.44. The van der Waals surface area contributed by atoms with Gasteiger partial charge >= 0.3 is 0 Å². The van der Waals surface area contributed by atoms with Crippen molar-refractivity contribution in [2.45, 2.75) is 0 Å². The van der Waals surface area contributed by atoms with E-state index in [4.69, 9.17) is 16.0 Å². The molecule has 5 N–H and O–H groups in total. The van der Waals surface area contributed by atoms with E-state index in [0.717, 1.165) is 0 Å². The number of nitrogens with one attached hydrogen (secondary N) is 1. The van der Waals surface area contributed by atoms with Crippen molar-refractivity contribution in [3.05, 3.63) is 35.5 Å². The Labute approximate surface area is 113 Å². The van der Waals surface area contributed by atoms with Gasteiger partial charge in [-0.05, 0) is 28.5 Å². The number of nitrogens with two attached hydrogens (primary N) is 1. The van der Waals surface area contributed by atoms with Crippen molar-refractivity contribution in [1.82, 2.24) is 10.3 Å². The molecule has 1 aromatic heterocycles. The van der Waals surface area contributed by atoms with E-state index < -0.39 is 0 Å². The molecule has 1 aromatic carbocycles. The molecule has 8 nitrogen and oxygen atoms in total. The zero-order valence-electron chi connectivity index (χ0n) is 10.2. The van der Waals surface area contributed by atoms with Crippen molar-refractivity contribution in [3.8, 4) is 11.8 Å². The molecule has 0 unspecified atom stereocenters. The summed E-state index contributed by atoms with van der Waals surface area (Å²) >= 11 is 0. The van der Waals surface area contributed by atoms with Crippen molar-refractivity contribution in [1.29, 1.82) is 0 Å². The van der Waals surface area contributed by atoms with Gasteiger partial charge in [-0.25, -0.2) is 4.63 Å². The number of aliphatic hydroxyl groups excluding tert-OH is 1. The molecule has 0 saturated heterocycles. The van der Waals surface area contributed by atoms with Crippen molar-refractivity contribution in [2.75, 3.05) is 17.7 Å². The molecule has 102 valence electrons. The van der Waals surface area contributed by atoms with E-state index >= 15 is 0 Å². The molecular formula is C12H11N5O3. The summed E-state index contributed by atoms with van der Waals surface area (Å²) in [6.07, 6.45) is 0. The Hall–Kier alpha value is -3.05. The molecule has 0 atom stereocenters. The van der Waals surface area contributed by atoms with Gasteiger partial charge in [0, 0.05) is 11.3 Å². The molecule has 0 amide bonds. The number of hydrogen-bond acceptors (Lipinski definition) is 7. The number of amidine groups is 1. The number of hydrogen-bond donors (Lipinski definition) is 4. The minimum absolute atomic E-state index is 0.00141. The Balaban J connectivity index is 2.23. The SMILES string of the molecule is Nc1nonc1/C(=N/O)Nc1cccc(C#CCO)c1. The van der Waals surface area contributed by atoms with Crippen molar-refractivity contribution < 1.29 is 14.9 Å². The van der Waals surface area contributed by atoms with Crippen LogP contribution in [0.15, 0.2) is 34.1 Å². The lowest BCUT2D eigenvalue weighted by molar-refractivity contribution is 0.305. The number of nitrogens with zero attached hydrogens (tertiary/aromatic N) is 3. The van der Waals surface area contributed by atoms with Crippen LogP contribution in [0.4, 0.5) is 11.5 Å². The average molecular weight is 273 g/mol. The first-order chi connectivity index (χ1) is 9.74. The Morgan fingerprint density at radius 2 is 2.30 bits per heavy atom. The largest absolute Gasteiger partial charge is 0.409 e. The van der Waals surface area contributed by atoms with Gasteiger partial charge in [0.1, 0.15) is 6.61 Å². The van der Waals surface area contributed by atoms with Gasteiger partial charge in [0.2, 0.25) is 5.84 Å². The highest BCUT2D eigenvalue weighted by Crippen LogP contribution is 2.13. The monoisotopic (exact) mass is 273 g/mol. The minimum Gasteiger partial charge on any atom is -0.409 e. The summed E-state index contributed by atoms with van der Waals surface area (Å²) in [4.78, 5) is 0. The maximum Gasteiger partial charge on any atom is 0.203 e. The van der Waals surface area contributed by atoms with Crippen molar-refractivity contribution in [3.63, 3.8) is 0 Å². The summed E-state index contributed by atoms with van der Waals surface area (Å²) in [5.74, 6) is 5.29. The van der Waals surface area contributed by atoms with E-state index in [1.54, 1.807) is 24.3 Å². The van der Waals surface area contributed by atoms with Crippen LogP contribution in [0.1, 0.15) is 11.3 Å². The second-order valence-corrected chi connectivity index (χ2v) is 3.61. The van der Waals surface area contributed by atoms with Gasteiger partial charge < -0.3 is 21.4 Å². The number of aliphatic hydroxyl groups is 1. The predicted molar refractivity (Wildman–Crippen MR) is 71.1 cm³/mol. The predicted octanol–water partition coefficient (Wildman–Crippen LogP) is 0.243. The molecule has 0 saturated carbocycles. The van der Waals surface area contributed by atoms with Crippen LogP contribution in [0.25, 0.3) is 0 Å². The zero-order chi connectivity index (χ0) is 14.4. The summed E-state index contributed by atoms with van der Waals surface area (Å²) < 4.78 is 4.44. The normalized spacial score (nSPS) is 10.8. The van der Waals surface area contributed by atoms with Gasteiger partial charge in [0.15, 0.2) is 11.5 Å². The van der Waals surface area contributed by atoms with Gasteiger partial charge in [-0.3, -0.25) is 0 Å². The molecule has 0 aliphatic heterocycles. The van der Waals surface area contributed by atoms with Crippen LogP contribution < -0.4 is 11.1 Å². The second kappa shape index (κ2) is 6.21. The number of aromatic nitrogens is 2. The maximum absolute atomic E-state index is 8.99. The van der Waals surface area contributed by atoms with Crippen LogP contribution in [0.3, 0.4) is 0 Å². The quantitative estimate of drug-likeness (QED) is 0.203. The Bertz CT molecular complexity index is 684. The summed E-state index contributed by atoms with van der Waals surface area (Å²) in [7, 11) is 0. The van der Waals surface area contributed by atoms with Crippen LogP contribution in [0, 0.1) is 11.8 Å². The molecule has 2 aromatic rings. The molecule has 0 bridgehead atoms. The van der Waals surface area contributed by atoms with Gasteiger partial charge in [0.05, 0.1) is 0 Å². The average Bonchev–Trinajstić information content (AvgIpc) is 2.89. The van der Waals surface area contributed by atoms with E-state index in [9.17, 15) is 0 Å². The van der Waals surface area contributed by atoms with Gasteiger partial charge in [-0.1, -0.05) is 23.1 Å². The van der Waals surface area contributed by atoms with E-state index in [-0.39, 0.29) is 24.0 Å². The number of rotatable bonds is 2. The first kappa shape index (κ1) is 13.4. The number of oxime groups is 1. The lowest BCUT2D eigenvalue weighted by Crippen LogP contribution is -2.16. The zero-order valence-corrected chi connectivity index (χ0v) is 10.2. The lowest BCUT2D eigenvalue weighted by Gasteiger charge is -2.06. The molecule has 0 radical (unpaired) electrons. The maximum atomic E-state index is 8.99. The first-order valence-electron chi connectivity index (χ1n) is 5.52. The minimum atomic E-state index is -0.220. The van der Waals surface area contributed by atoms with Gasteiger partial charge in [-0.15, -0.1) is 0 Å². The van der Waals surface area contributed by atoms with Gasteiger partial charge in [-0.2, -0.15) is 0 Å². The molecule has 0 aliphatic rings. The first-order valence-corrected chi connectivity index (χ1v) is 5.52. The van der Waals surface area contributed by atoms with E-state index in [2.05, 4.69) is 37.3 Å². The second-order valence-electron chi connectivity index (χ2n) is 3.61. The highest BCUT2D eigenvalue weighted by molar-refractivity contribution is 6.09. The Morgan fingerprint density at radius 1 is 1.45 bits per heavy atom. The third-order valence-corrected chi connectivity index (χ3v) is 2.28. The molecule has 8 heteroatoms. The molecule has 0 spiro atoms. The summed E-state index contributed by atoms with van der Waals surface area (Å²) in [6, 6.07) is 6.97. The smallest absolute Gasteiger partial charge is 0.203 e. The van der Waals surface area contributed by atoms with Crippen LogP contribution in [0.5, 0.6) is 0 Å². The number of nitrogen functional groups attached to an aromatic ring is 1. The van der Waals surface area contributed by atoms with E-state index in [0.29, 0.717) is 11.3 Å². The molecule has 1 heterocycles. The third-order valence-electron chi connectivity index (χ3n) is 2.28. The summed E-state index contributed by atoms with van der Waals surface area (Å²) in [5, 5.41) is 30.5. The molecule has 20 heavy (non-hydrogen) atoms. The van der Waals surface area contributed by atoms with E-state index in [1.165, 1.54) is 0 Å². The van der Waals surface area contributed by atoms with Crippen molar-refractivity contribution >= 4 is 17.3 Å². The van der Waals surface area contributed by atoms with Crippen LogP contribution in [-0.2, 0) is 0 Å². The number of benzene rings is 1. The summed E-state index contributed by atoms with van der Waals surface area (Å²) in [6.45, 7) is -0.220. The number of anilines is 2. The van der Waals surface area contributed by atoms with Crippen LogP contribution >= 0.6 is 0 Å². The van der Waals surface area contributed by atoms with Crippen molar-refractivity contribution in [2.24, 2.45) is 5.16 Å². The Morgan fingerprint density at radius 3 is 2.95 bits per heavy atom. The highest BCUT2D eigenvalue weighted by atomic mass is 16.6. The standard InChI is InChI=1S/C12H11N5O3/c13-11-10(16-20-17-11)12(15-19)14-9-5-1-3-8(7-9)4-2-6-18/h1,3,5,7,18-19H,6H2,(H2,13,17)(H,14,15). The topological polar surface area (TPSA) is 130 Å². The summed E-state index contributed by atoms with van der Waals surface area (Å²) in [5.41, 5.74) is 6.90. The fraction of sp³-hybridized carbons (Fsp3) is 0.0833. The van der Waals surface area contributed by atoms with Crippen LogP contribution in [0.2, 0.25) is 0 Å². The van der Waals surface area contributed by atoms with Gasteiger partial charge in [0.25, 0.3) is 0 Å². The molecule has 2 rings (SSSR count). The fourth-order valence-corrected chi connectivity index (χ4v) is 1.44. The molecule has 0 aliphatic carbocycles. The molecule has 0 fully saturated rings. The lowest BCUT2D eigenvalue weighted by atomic mass is 10.2. The highest BCUT2D eigenvalue weighted by Gasteiger charge is 2.14. The van der Waals surface area contributed by atoms with Crippen LogP contribution in [-0.4, -0.2) is 33.1 Å².